The Labute approximate surface area is 138 Å². The fraction of sp³-hybridized carbons (Fsp3) is 0.312. The number of benzene rings is 1. The van der Waals surface area contributed by atoms with E-state index in [1.165, 1.54) is 0 Å². The van der Waals surface area contributed by atoms with Gasteiger partial charge in [0.05, 0.1) is 17.1 Å². The summed E-state index contributed by atoms with van der Waals surface area (Å²) in [5.41, 5.74) is 1.57. The van der Waals surface area contributed by atoms with Crippen LogP contribution in [-0.2, 0) is 0 Å². The molecular formula is C16H16ClN5O. The van der Waals surface area contributed by atoms with E-state index in [2.05, 4.69) is 32.4 Å². The van der Waals surface area contributed by atoms with Crippen molar-refractivity contribution in [1.29, 1.82) is 0 Å². The number of nitrogens with zero attached hydrogens (tertiary/aromatic N) is 4. The highest BCUT2D eigenvalue weighted by atomic mass is 35.5. The number of hydrogen-bond donors (Lipinski definition) is 1. The molecule has 0 saturated carbocycles. The number of nitrogens with one attached hydrogen (secondary N) is 1. The molecule has 6 nitrogen and oxygen atoms in total. The van der Waals surface area contributed by atoms with Gasteiger partial charge in [-0.25, -0.2) is 0 Å². The van der Waals surface area contributed by atoms with Gasteiger partial charge >= 0.3 is 0 Å². The molecule has 4 rings (SSSR count). The second kappa shape index (κ2) is 5.88. The Morgan fingerprint density at radius 1 is 1.39 bits per heavy atom. The molecule has 23 heavy (non-hydrogen) atoms. The second-order valence-electron chi connectivity index (χ2n) is 5.69. The summed E-state index contributed by atoms with van der Waals surface area (Å²) in [5, 5.41) is 9.09. The Hall–Kier alpha value is -2.02. The third-order valence-corrected chi connectivity index (χ3v) is 4.37. The Morgan fingerprint density at radius 3 is 3.17 bits per heavy atom. The number of fused-ring (bicyclic) bond motifs is 1. The van der Waals surface area contributed by atoms with E-state index in [1.807, 2.05) is 24.3 Å². The van der Waals surface area contributed by atoms with Crippen LogP contribution in [0.25, 0.3) is 22.4 Å². The Kier molecular flexibility index (Phi) is 3.72. The summed E-state index contributed by atoms with van der Waals surface area (Å²) >= 11 is 6.22. The zero-order valence-corrected chi connectivity index (χ0v) is 13.4. The van der Waals surface area contributed by atoms with Crippen LogP contribution in [0.4, 0.5) is 0 Å². The molecule has 0 bridgehead atoms. The number of rotatable bonds is 2. The summed E-state index contributed by atoms with van der Waals surface area (Å²) in [5.74, 6) is 1.13. The first-order valence-corrected chi connectivity index (χ1v) is 7.89. The van der Waals surface area contributed by atoms with Crippen molar-refractivity contribution in [2.75, 3.05) is 26.7 Å². The highest BCUT2D eigenvalue weighted by Crippen LogP contribution is 2.30. The molecule has 1 aromatic carbocycles. The zero-order valence-electron chi connectivity index (χ0n) is 12.7. The molecule has 118 valence electrons. The van der Waals surface area contributed by atoms with Gasteiger partial charge in [0.15, 0.2) is 5.82 Å². The smallest absolute Gasteiger partial charge is 0.260 e. The zero-order chi connectivity index (χ0) is 15.8. The Bertz CT molecular complexity index is 849. The lowest BCUT2D eigenvalue weighted by molar-refractivity contribution is 0.190. The van der Waals surface area contributed by atoms with Gasteiger partial charge in [0.1, 0.15) is 0 Å². The summed E-state index contributed by atoms with van der Waals surface area (Å²) in [4.78, 5) is 11.2. The predicted octanol–water partition coefficient (Wildman–Crippen LogP) is 2.51. The molecule has 1 saturated heterocycles. The van der Waals surface area contributed by atoms with Crippen molar-refractivity contribution in [2.45, 2.75) is 6.04 Å². The molecule has 3 heterocycles. The van der Waals surface area contributed by atoms with Gasteiger partial charge in [-0.05, 0) is 25.2 Å². The van der Waals surface area contributed by atoms with Crippen LogP contribution in [0, 0.1) is 0 Å². The van der Waals surface area contributed by atoms with Crippen molar-refractivity contribution >= 4 is 22.5 Å². The van der Waals surface area contributed by atoms with Gasteiger partial charge < -0.3 is 9.84 Å². The highest BCUT2D eigenvalue weighted by molar-refractivity contribution is 6.31. The van der Waals surface area contributed by atoms with Gasteiger partial charge in [0.25, 0.3) is 5.89 Å². The lowest BCUT2D eigenvalue weighted by Crippen LogP contribution is -2.44. The van der Waals surface area contributed by atoms with E-state index in [1.54, 1.807) is 6.20 Å². The lowest BCUT2D eigenvalue weighted by Gasteiger charge is -2.30. The minimum absolute atomic E-state index is 0.111. The van der Waals surface area contributed by atoms with E-state index in [4.69, 9.17) is 16.1 Å². The topological polar surface area (TPSA) is 67.1 Å². The number of aromatic nitrogens is 3. The van der Waals surface area contributed by atoms with Crippen molar-refractivity contribution in [3.05, 3.63) is 41.3 Å². The molecule has 1 atom stereocenters. The molecule has 1 aliphatic rings. The molecule has 0 amide bonds. The standard InChI is InChI=1S/C16H16ClN5O/c1-22-6-5-18-9-13(22)15-20-16(23-21-15)12-8-11(17)7-10-3-2-4-19-14(10)12/h2-4,7-8,13,18H,5-6,9H2,1H3. The van der Waals surface area contributed by atoms with E-state index in [9.17, 15) is 0 Å². The molecule has 2 aromatic heterocycles. The van der Waals surface area contributed by atoms with E-state index >= 15 is 0 Å². The van der Waals surface area contributed by atoms with Gasteiger partial charge in [-0.3, -0.25) is 9.88 Å². The summed E-state index contributed by atoms with van der Waals surface area (Å²) in [6, 6.07) is 7.65. The van der Waals surface area contributed by atoms with Crippen LogP contribution in [0.3, 0.4) is 0 Å². The van der Waals surface area contributed by atoms with Gasteiger partial charge in [0.2, 0.25) is 0 Å². The molecule has 3 aromatic rings. The molecule has 1 N–H and O–H groups in total. The minimum atomic E-state index is 0.111. The molecule has 1 aliphatic heterocycles. The fourth-order valence-corrected chi connectivity index (χ4v) is 3.12. The third kappa shape index (κ3) is 2.69. The van der Waals surface area contributed by atoms with E-state index in [0.29, 0.717) is 16.7 Å². The Morgan fingerprint density at radius 2 is 2.30 bits per heavy atom. The van der Waals surface area contributed by atoms with Crippen LogP contribution in [0.15, 0.2) is 35.0 Å². The number of pyridine rings is 1. The largest absolute Gasteiger partial charge is 0.334 e. The van der Waals surface area contributed by atoms with Crippen LogP contribution in [-0.4, -0.2) is 46.7 Å². The van der Waals surface area contributed by atoms with Crippen LogP contribution in [0.2, 0.25) is 5.02 Å². The summed E-state index contributed by atoms with van der Waals surface area (Å²) in [6.45, 7) is 2.74. The first-order chi connectivity index (χ1) is 11.2. The van der Waals surface area contributed by atoms with Crippen molar-refractivity contribution in [1.82, 2.24) is 25.3 Å². The van der Waals surface area contributed by atoms with Crippen molar-refractivity contribution < 1.29 is 4.52 Å². The van der Waals surface area contributed by atoms with E-state index < -0.39 is 0 Å². The number of halogens is 1. The predicted molar refractivity (Wildman–Crippen MR) is 88.3 cm³/mol. The van der Waals surface area contributed by atoms with Gasteiger partial charge in [0, 0.05) is 36.2 Å². The molecule has 1 unspecified atom stereocenters. The van der Waals surface area contributed by atoms with Crippen LogP contribution >= 0.6 is 11.6 Å². The number of piperazine rings is 1. The van der Waals surface area contributed by atoms with Crippen LogP contribution < -0.4 is 5.32 Å². The molecule has 1 fully saturated rings. The maximum atomic E-state index is 6.22. The maximum Gasteiger partial charge on any atom is 0.260 e. The number of likely N-dealkylation sites (N-methyl/N-ethyl adjacent to an activating group) is 1. The SMILES string of the molecule is CN1CCNCC1c1noc(-c2cc(Cl)cc3cccnc23)n1. The summed E-state index contributed by atoms with van der Waals surface area (Å²) < 4.78 is 5.50. The first kappa shape index (κ1) is 14.6. The van der Waals surface area contributed by atoms with Crippen molar-refractivity contribution in [2.24, 2.45) is 0 Å². The number of hydrogen-bond acceptors (Lipinski definition) is 6. The molecule has 7 heteroatoms. The fourth-order valence-electron chi connectivity index (χ4n) is 2.89. The summed E-state index contributed by atoms with van der Waals surface area (Å²) in [7, 11) is 2.07. The van der Waals surface area contributed by atoms with E-state index in [0.717, 1.165) is 36.1 Å². The minimum Gasteiger partial charge on any atom is -0.334 e. The molecule has 0 radical (unpaired) electrons. The normalized spacial score (nSPS) is 19.3. The lowest BCUT2D eigenvalue weighted by atomic mass is 10.1. The average Bonchev–Trinajstić information content (AvgIpc) is 3.04. The van der Waals surface area contributed by atoms with E-state index in [-0.39, 0.29) is 6.04 Å². The quantitative estimate of drug-likeness (QED) is 0.779. The molecular weight excluding hydrogens is 314 g/mol. The van der Waals surface area contributed by atoms with Crippen molar-refractivity contribution in [3.63, 3.8) is 0 Å². The van der Waals surface area contributed by atoms with Gasteiger partial charge in [-0.15, -0.1) is 0 Å². The molecule has 0 aliphatic carbocycles. The third-order valence-electron chi connectivity index (χ3n) is 4.15. The molecule has 0 spiro atoms. The van der Waals surface area contributed by atoms with Gasteiger partial charge in [-0.1, -0.05) is 22.8 Å². The van der Waals surface area contributed by atoms with Gasteiger partial charge in [-0.2, -0.15) is 4.98 Å². The van der Waals surface area contributed by atoms with Crippen molar-refractivity contribution in [3.8, 4) is 11.5 Å². The first-order valence-electron chi connectivity index (χ1n) is 7.51. The maximum absolute atomic E-state index is 6.22. The van der Waals surface area contributed by atoms with Crippen LogP contribution in [0.1, 0.15) is 11.9 Å². The monoisotopic (exact) mass is 329 g/mol. The highest BCUT2D eigenvalue weighted by Gasteiger charge is 2.26. The summed E-state index contributed by atoms with van der Waals surface area (Å²) in [6.07, 6.45) is 1.75. The van der Waals surface area contributed by atoms with Crippen LogP contribution in [0.5, 0.6) is 0 Å². The Balaban J connectivity index is 1.77. The second-order valence-corrected chi connectivity index (χ2v) is 6.12. The average molecular weight is 330 g/mol.